The number of sulfonamides is 1. The number of halogens is 2. The summed E-state index contributed by atoms with van der Waals surface area (Å²) in [5.41, 5.74) is 1.93. The van der Waals surface area contributed by atoms with Gasteiger partial charge >= 0.3 is 0 Å². The molecule has 0 bridgehead atoms. The average Bonchev–Trinajstić information content (AvgIpc) is 3.03. The van der Waals surface area contributed by atoms with Crippen LogP contribution >= 0.6 is 11.6 Å². The minimum atomic E-state index is -4.41. The van der Waals surface area contributed by atoms with Gasteiger partial charge in [-0.25, -0.2) is 12.8 Å². The van der Waals surface area contributed by atoms with Crippen LogP contribution in [-0.4, -0.2) is 43.8 Å². The van der Waals surface area contributed by atoms with Gasteiger partial charge in [-0.05, 0) is 61.7 Å². The van der Waals surface area contributed by atoms with Crippen molar-refractivity contribution >= 4 is 39.1 Å². The number of benzene rings is 4. The Morgan fingerprint density at radius 2 is 1.51 bits per heavy atom. The third-order valence-electron chi connectivity index (χ3n) is 7.58. The summed E-state index contributed by atoms with van der Waals surface area (Å²) in [4.78, 5) is 29.6. The van der Waals surface area contributed by atoms with Crippen molar-refractivity contribution in [2.45, 2.75) is 57.1 Å². The van der Waals surface area contributed by atoms with E-state index >= 15 is 4.39 Å². The first kappa shape index (κ1) is 33.7. The summed E-state index contributed by atoms with van der Waals surface area (Å²) < 4.78 is 44.1. The highest BCUT2D eigenvalue weighted by atomic mass is 35.5. The van der Waals surface area contributed by atoms with Crippen molar-refractivity contribution in [1.29, 1.82) is 0 Å². The highest BCUT2D eigenvalue weighted by molar-refractivity contribution is 7.92. The van der Waals surface area contributed by atoms with Gasteiger partial charge in [-0.15, -0.1) is 0 Å². The third-order valence-corrected chi connectivity index (χ3v) is 9.72. The number of rotatable bonds is 13. The van der Waals surface area contributed by atoms with Crippen molar-refractivity contribution in [2.75, 3.05) is 10.8 Å². The summed E-state index contributed by atoms with van der Waals surface area (Å²) in [7, 11) is -4.41. The van der Waals surface area contributed by atoms with Crippen LogP contribution in [0.15, 0.2) is 108 Å². The minimum Gasteiger partial charge on any atom is -0.352 e. The first-order valence-electron chi connectivity index (χ1n) is 14.7. The lowest BCUT2D eigenvalue weighted by Crippen LogP contribution is -2.54. The number of aryl methyl sites for hydroxylation is 1. The predicted molar refractivity (Wildman–Crippen MR) is 176 cm³/mol. The Morgan fingerprint density at radius 3 is 2.16 bits per heavy atom. The van der Waals surface area contributed by atoms with E-state index in [1.807, 2.05) is 51.1 Å². The molecule has 0 aliphatic heterocycles. The van der Waals surface area contributed by atoms with Crippen LogP contribution in [-0.2, 0) is 32.6 Å². The van der Waals surface area contributed by atoms with Crippen LogP contribution in [0, 0.1) is 12.7 Å². The van der Waals surface area contributed by atoms with Crippen LogP contribution in [0.3, 0.4) is 0 Å². The Bertz CT molecular complexity index is 1720. The van der Waals surface area contributed by atoms with Gasteiger partial charge in [0.05, 0.1) is 10.6 Å². The number of nitrogens with zero attached hydrogens (tertiary/aromatic N) is 2. The maximum absolute atomic E-state index is 15.2. The zero-order chi connectivity index (χ0) is 32.6. The number of hydrogen-bond donors (Lipinski definition) is 1. The Kier molecular flexibility index (Phi) is 11.4. The summed E-state index contributed by atoms with van der Waals surface area (Å²) in [6.45, 7) is 4.78. The monoisotopic (exact) mass is 649 g/mol. The molecule has 2 amide bonds. The van der Waals surface area contributed by atoms with Crippen molar-refractivity contribution in [3.63, 3.8) is 0 Å². The molecule has 0 saturated heterocycles. The fraction of sp³-hybridized carbons (Fsp3) is 0.257. The molecule has 45 heavy (non-hydrogen) atoms. The van der Waals surface area contributed by atoms with E-state index in [2.05, 4.69) is 5.32 Å². The van der Waals surface area contributed by atoms with Crippen LogP contribution in [0.5, 0.6) is 0 Å². The van der Waals surface area contributed by atoms with E-state index in [4.69, 9.17) is 11.6 Å². The molecule has 0 radical (unpaired) electrons. The lowest BCUT2D eigenvalue weighted by atomic mass is 10.0. The van der Waals surface area contributed by atoms with Crippen molar-refractivity contribution in [2.24, 2.45) is 0 Å². The molecule has 236 valence electrons. The predicted octanol–water partition coefficient (Wildman–Crippen LogP) is 6.54. The van der Waals surface area contributed by atoms with E-state index in [1.54, 1.807) is 36.4 Å². The quantitative estimate of drug-likeness (QED) is 0.178. The molecule has 0 saturated carbocycles. The highest BCUT2D eigenvalue weighted by Crippen LogP contribution is 2.28. The van der Waals surface area contributed by atoms with E-state index in [-0.39, 0.29) is 29.6 Å². The van der Waals surface area contributed by atoms with E-state index < -0.39 is 40.2 Å². The van der Waals surface area contributed by atoms with Gasteiger partial charge in [0.15, 0.2) is 0 Å². The molecule has 0 heterocycles. The van der Waals surface area contributed by atoms with Gasteiger partial charge in [-0.3, -0.25) is 13.9 Å². The largest absolute Gasteiger partial charge is 0.352 e. The van der Waals surface area contributed by atoms with Crippen molar-refractivity contribution in [3.8, 4) is 0 Å². The molecule has 4 rings (SSSR count). The molecule has 0 fully saturated rings. The second kappa shape index (κ2) is 15.2. The van der Waals surface area contributed by atoms with Gasteiger partial charge < -0.3 is 10.2 Å². The molecular formula is C35H37ClFN3O4S. The van der Waals surface area contributed by atoms with Crippen LogP contribution < -0.4 is 9.62 Å². The maximum Gasteiger partial charge on any atom is 0.264 e. The fourth-order valence-corrected chi connectivity index (χ4v) is 6.43. The first-order chi connectivity index (χ1) is 21.5. The van der Waals surface area contributed by atoms with Crippen molar-refractivity contribution in [3.05, 3.63) is 131 Å². The third kappa shape index (κ3) is 8.49. The van der Waals surface area contributed by atoms with Crippen molar-refractivity contribution in [1.82, 2.24) is 10.2 Å². The van der Waals surface area contributed by atoms with Crippen LogP contribution in [0.25, 0.3) is 0 Å². The topological polar surface area (TPSA) is 86.8 Å². The van der Waals surface area contributed by atoms with E-state index in [1.165, 1.54) is 35.2 Å². The molecule has 0 aromatic heterocycles. The minimum absolute atomic E-state index is 0.0837. The lowest BCUT2D eigenvalue weighted by molar-refractivity contribution is -0.140. The summed E-state index contributed by atoms with van der Waals surface area (Å²) in [5.74, 6) is -1.91. The van der Waals surface area contributed by atoms with E-state index in [0.717, 1.165) is 21.5 Å². The summed E-state index contributed by atoms with van der Waals surface area (Å²) >= 11 is 6.52. The first-order valence-corrected chi connectivity index (χ1v) is 16.5. The smallest absolute Gasteiger partial charge is 0.264 e. The molecule has 0 spiro atoms. The number of carbonyl (C=O) groups is 2. The van der Waals surface area contributed by atoms with Gasteiger partial charge in [0.25, 0.3) is 10.0 Å². The van der Waals surface area contributed by atoms with Gasteiger partial charge in [0.1, 0.15) is 18.4 Å². The average molecular weight is 650 g/mol. The summed E-state index contributed by atoms with van der Waals surface area (Å²) in [5, 5.41) is 3.37. The molecule has 4 aromatic rings. The molecular weight excluding hydrogens is 613 g/mol. The molecule has 0 aliphatic rings. The number of anilines is 1. The van der Waals surface area contributed by atoms with Crippen LogP contribution in [0.4, 0.5) is 10.1 Å². The Morgan fingerprint density at radius 1 is 0.889 bits per heavy atom. The zero-order valence-electron chi connectivity index (χ0n) is 25.5. The molecule has 4 aromatic carbocycles. The fourth-order valence-electron chi connectivity index (χ4n) is 4.81. The van der Waals surface area contributed by atoms with E-state index in [0.29, 0.717) is 17.0 Å². The number of nitrogens with one attached hydrogen (secondary N) is 1. The normalized spacial score (nSPS) is 12.6. The number of amides is 2. The molecule has 1 N–H and O–H groups in total. The molecule has 0 unspecified atom stereocenters. The second-order valence-electron chi connectivity index (χ2n) is 10.9. The van der Waals surface area contributed by atoms with Gasteiger partial charge in [-0.2, -0.15) is 0 Å². The molecule has 2 atom stereocenters. The second-order valence-corrected chi connectivity index (χ2v) is 13.2. The molecule has 10 heteroatoms. The van der Waals surface area contributed by atoms with Crippen LogP contribution in [0.1, 0.15) is 37.0 Å². The molecule has 7 nitrogen and oxygen atoms in total. The summed E-state index contributed by atoms with van der Waals surface area (Å²) in [6.07, 6.45) is 0.821. The Balaban J connectivity index is 1.83. The Labute approximate surface area is 269 Å². The zero-order valence-corrected chi connectivity index (χ0v) is 27.1. The van der Waals surface area contributed by atoms with Crippen molar-refractivity contribution < 1.29 is 22.4 Å². The summed E-state index contributed by atoms with van der Waals surface area (Å²) in [6, 6.07) is 26.5. The lowest BCUT2D eigenvalue weighted by Gasteiger charge is -2.34. The number of para-hydroxylation sites is 1. The number of carbonyl (C=O) groups excluding carboxylic acids is 2. The van der Waals surface area contributed by atoms with Crippen LogP contribution in [0.2, 0.25) is 5.02 Å². The molecule has 0 aliphatic carbocycles. The highest BCUT2D eigenvalue weighted by Gasteiger charge is 2.36. The Hall–Kier alpha value is -4.21. The SMILES string of the molecule is CC[C@H](C)NC(=O)[C@H](Cc1ccccc1)N(Cc1ccccc1Cl)C(=O)CN(c1ccccc1F)S(=O)(=O)c1ccc(C)cc1. The van der Waals surface area contributed by atoms with E-state index in [9.17, 15) is 18.0 Å². The maximum atomic E-state index is 15.2. The van der Waals surface area contributed by atoms with Gasteiger partial charge in [0, 0.05) is 24.0 Å². The number of hydrogen-bond acceptors (Lipinski definition) is 4. The standard InChI is InChI=1S/C35H37ClFN3O4S/c1-4-26(3)38-35(42)33(22-27-12-6-5-7-13-27)39(23-28-14-8-9-15-30(28)36)34(41)24-40(32-17-11-10-16-31(32)37)45(43,44)29-20-18-25(2)19-21-29/h5-21,26,33H,4,22-24H2,1-3H3,(H,38,42)/t26-,33-/m0/s1. The van der Waals surface area contributed by atoms with Gasteiger partial charge in [0.2, 0.25) is 11.8 Å². The van der Waals surface area contributed by atoms with Gasteiger partial charge in [-0.1, -0.05) is 96.9 Å².